The van der Waals surface area contributed by atoms with Gasteiger partial charge in [-0.25, -0.2) is 0 Å². The van der Waals surface area contributed by atoms with Crippen LogP contribution in [0, 0.1) is 0 Å². The highest BCUT2D eigenvalue weighted by atomic mass is 35.5. The summed E-state index contributed by atoms with van der Waals surface area (Å²) in [5, 5.41) is 0.730. The molecule has 0 aromatic heterocycles. The molecule has 0 amide bonds. The molecule has 0 saturated heterocycles. The Morgan fingerprint density at radius 3 is 2.47 bits per heavy atom. The van der Waals surface area contributed by atoms with E-state index in [9.17, 15) is 0 Å². The predicted molar refractivity (Wildman–Crippen MR) is 73.0 cm³/mol. The fourth-order valence-electron chi connectivity index (χ4n) is 1.36. The van der Waals surface area contributed by atoms with Crippen molar-refractivity contribution in [2.75, 3.05) is 12.8 Å². The van der Waals surface area contributed by atoms with E-state index in [1.807, 2.05) is 42.5 Å². The minimum absolute atomic E-state index is 0.730. The Kier molecular flexibility index (Phi) is 3.82. The zero-order chi connectivity index (χ0) is 12.3. The molecule has 0 aliphatic heterocycles. The van der Waals surface area contributed by atoms with Gasteiger partial charge in [0.05, 0.1) is 7.11 Å². The van der Waals surface area contributed by atoms with Crippen molar-refractivity contribution in [1.82, 2.24) is 0 Å². The average Bonchev–Trinajstić information content (AvgIpc) is 2.35. The number of benzene rings is 2. The molecule has 0 atom stereocenters. The van der Waals surface area contributed by atoms with Gasteiger partial charge in [0.25, 0.3) is 0 Å². The lowest BCUT2D eigenvalue weighted by Gasteiger charge is -2.07. The van der Waals surface area contributed by atoms with E-state index in [-0.39, 0.29) is 0 Å². The molecule has 0 heterocycles. The number of nitrogen functional groups attached to an aromatic ring is 1. The van der Waals surface area contributed by atoms with Gasteiger partial charge in [-0.2, -0.15) is 0 Å². The van der Waals surface area contributed by atoms with E-state index in [1.165, 1.54) is 0 Å². The minimum Gasteiger partial charge on any atom is -0.497 e. The smallest absolute Gasteiger partial charge is 0.120 e. The summed E-state index contributed by atoms with van der Waals surface area (Å²) in [5.41, 5.74) is 6.66. The quantitative estimate of drug-likeness (QED) is 0.850. The van der Waals surface area contributed by atoms with Gasteiger partial charge >= 0.3 is 0 Å². The second-order valence-corrected chi connectivity index (χ2v) is 5.01. The molecule has 0 fully saturated rings. The van der Waals surface area contributed by atoms with Crippen molar-refractivity contribution in [3.05, 3.63) is 47.5 Å². The highest BCUT2D eigenvalue weighted by molar-refractivity contribution is 7.99. The monoisotopic (exact) mass is 265 g/mol. The van der Waals surface area contributed by atoms with Gasteiger partial charge in [0, 0.05) is 20.5 Å². The first kappa shape index (κ1) is 12.1. The lowest BCUT2D eigenvalue weighted by atomic mass is 10.3. The molecule has 17 heavy (non-hydrogen) atoms. The van der Waals surface area contributed by atoms with Crippen LogP contribution >= 0.6 is 23.4 Å². The SMILES string of the molecule is COc1ccc(N)c(Sc2ccc(Cl)cc2)c1. The van der Waals surface area contributed by atoms with Gasteiger partial charge in [-0.1, -0.05) is 23.4 Å². The van der Waals surface area contributed by atoms with E-state index in [2.05, 4.69) is 0 Å². The van der Waals surface area contributed by atoms with Crippen molar-refractivity contribution in [3.8, 4) is 5.75 Å². The lowest BCUT2D eigenvalue weighted by Crippen LogP contribution is -1.90. The first-order valence-corrected chi connectivity index (χ1v) is 6.25. The van der Waals surface area contributed by atoms with Crippen LogP contribution in [0.25, 0.3) is 0 Å². The van der Waals surface area contributed by atoms with Crippen LogP contribution in [0.4, 0.5) is 5.69 Å². The van der Waals surface area contributed by atoms with Crippen molar-refractivity contribution < 1.29 is 4.74 Å². The van der Waals surface area contributed by atoms with Crippen LogP contribution in [0.3, 0.4) is 0 Å². The molecule has 88 valence electrons. The van der Waals surface area contributed by atoms with Gasteiger partial charge in [0.15, 0.2) is 0 Å². The highest BCUT2D eigenvalue weighted by Crippen LogP contribution is 2.34. The normalized spacial score (nSPS) is 10.2. The molecule has 0 aliphatic rings. The topological polar surface area (TPSA) is 35.2 Å². The molecule has 2 aromatic rings. The van der Waals surface area contributed by atoms with Gasteiger partial charge in [0.2, 0.25) is 0 Å². The zero-order valence-corrected chi connectivity index (χ0v) is 10.9. The zero-order valence-electron chi connectivity index (χ0n) is 9.31. The fraction of sp³-hybridized carbons (Fsp3) is 0.0769. The molecule has 0 bridgehead atoms. The van der Waals surface area contributed by atoms with Crippen LogP contribution in [0.2, 0.25) is 5.02 Å². The standard InChI is InChI=1S/C13H12ClNOS/c1-16-10-4-7-12(15)13(8-10)17-11-5-2-9(14)3-6-11/h2-8H,15H2,1H3. The van der Waals surface area contributed by atoms with Crippen LogP contribution in [0.15, 0.2) is 52.3 Å². The number of hydrogen-bond acceptors (Lipinski definition) is 3. The number of rotatable bonds is 3. The van der Waals surface area contributed by atoms with Gasteiger partial charge in [-0.3, -0.25) is 0 Å². The van der Waals surface area contributed by atoms with E-state index in [0.29, 0.717) is 0 Å². The van der Waals surface area contributed by atoms with Gasteiger partial charge in [-0.05, 0) is 42.5 Å². The summed E-state index contributed by atoms with van der Waals surface area (Å²) >= 11 is 7.43. The molecule has 2 aromatic carbocycles. The van der Waals surface area contributed by atoms with Crippen molar-refractivity contribution in [3.63, 3.8) is 0 Å². The number of methoxy groups -OCH3 is 1. The molecule has 4 heteroatoms. The van der Waals surface area contributed by atoms with Crippen LogP contribution < -0.4 is 10.5 Å². The number of nitrogens with two attached hydrogens (primary N) is 1. The van der Waals surface area contributed by atoms with Crippen molar-refractivity contribution in [1.29, 1.82) is 0 Å². The third-order valence-electron chi connectivity index (χ3n) is 2.26. The molecular formula is C13H12ClNOS. The van der Waals surface area contributed by atoms with Crippen LogP contribution in [0.1, 0.15) is 0 Å². The summed E-state index contributed by atoms with van der Waals surface area (Å²) in [6.45, 7) is 0. The Labute approximate surface area is 110 Å². The molecule has 2 nitrogen and oxygen atoms in total. The van der Waals surface area contributed by atoms with Crippen molar-refractivity contribution in [2.24, 2.45) is 0 Å². The molecule has 0 spiro atoms. The Balaban J connectivity index is 2.25. The fourth-order valence-corrected chi connectivity index (χ4v) is 2.37. The number of hydrogen-bond donors (Lipinski definition) is 1. The molecule has 0 aliphatic carbocycles. The predicted octanol–water partition coefficient (Wildman–Crippen LogP) is 4.08. The Bertz CT molecular complexity index is 513. The van der Waals surface area contributed by atoms with E-state index >= 15 is 0 Å². The van der Waals surface area contributed by atoms with E-state index in [1.54, 1.807) is 18.9 Å². The van der Waals surface area contributed by atoms with Gasteiger partial charge in [0.1, 0.15) is 5.75 Å². The molecule has 0 saturated carbocycles. The maximum atomic E-state index is 5.92. The summed E-state index contributed by atoms with van der Waals surface area (Å²) in [6, 6.07) is 13.3. The highest BCUT2D eigenvalue weighted by Gasteiger charge is 2.04. The molecular weight excluding hydrogens is 254 g/mol. The lowest BCUT2D eigenvalue weighted by molar-refractivity contribution is 0.414. The average molecular weight is 266 g/mol. The Morgan fingerprint density at radius 2 is 1.82 bits per heavy atom. The van der Waals surface area contributed by atoms with Crippen LogP contribution in [-0.2, 0) is 0 Å². The van der Waals surface area contributed by atoms with Crippen molar-refractivity contribution in [2.45, 2.75) is 9.79 Å². The maximum absolute atomic E-state index is 5.92. The van der Waals surface area contributed by atoms with Crippen molar-refractivity contribution >= 4 is 29.1 Å². The first-order chi connectivity index (χ1) is 8.19. The second kappa shape index (κ2) is 5.34. The largest absolute Gasteiger partial charge is 0.497 e. The molecule has 0 unspecified atom stereocenters. The van der Waals surface area contributed by atoms with Gasteiger partial charge < -0.3 is 10.5 Å². The van der Waals surface area contributed by atoms with Crippen LogP contribution in [0.5, 0.6) is 5.75 Å². The maximum Gasteiger partial charge on any atom is 0.120 e. The summed E-state index contributed by atoms with van der Waals surface area (Å²) < 4.78 is 5.18. The number of anilines is 1. The Morgan fingerprint density at radius 1 is 1.12 bits per heavy atom. The molecule has 0 radical (unpaired) electrons. The molecule has 2 N–H and O–H groups in total. The first-order valence-electron chi connectivity index (χ1n) is 5.06. The summed E-state index contributed by atoms with van der Waals surface area (Å²) in [7, 11) is 1.64. The molecule has 2 rings (SSSR count). The van der Waals surface area contributed by atoms with E-state index < -0.39 is 0 Å². The van der Waals surface area contributed by atoms with Gasteiger partial charge in [-0.15, -0.1) is 0 Å². The third kappa shape index (κ3) is 3.08. The summed E-state index contributed by atoms with van der Waals surface area (Å²) in [5.74, 6) is 0.802. The minimum atomic E-state index is 0.730. The summed E-state index contributed by atoms with van der Waals surface area (Å²) in [4.78, 5) is 2.07. The van der Waals surface area contributed by atoms with Crippen LogP contribution in [-0.4, -0.2) is 7.11 Å². The van der Waals surface area contributed by atoms with E-state index in [0.717, 1.165) is 26.3 Å². The third-order valence-corrected chi connectivity index (χ3v) is 3.60. The Hall–Kier alpha value is -1.32. The summed E-state index contributed by atoms with van der Waals surface area (Å²) in [6.07, 6.45) is 0. The second-order valence-electron chi connectivity index (χ2n) is 3.46. The van der Waals surface area contributed by atoms with E-state index in [4.69, 9.17) is 22.1 Å². The number of ether oxygens (including phenoxy) is 1. The number of halogens is 1.